The van der Waals surface area contributed by atoms with Crippen molar-refractivity contribution in [2.75, 3.05) is 0 Å². The van der Waals surface area contributed by atoms with E-state index in [9.17, 15) is 0 Å². The van der Waals surface area contributed by atoms with Crippen LogP contribution in [0.25, 0.3) is 67.3 Å². The second kappa shape index (κ2) is 19.2. The summed E-state index contributed by atoms with van der Waals surface area (Å²) >= 11 is 0. The first-order valence-corrected chi connectivity index (χ1v) is 27.0. The van der Waals surface area contributed by atoms with E-state index < -0.39 is 5.41 Å². The third-order valence-electron chi connectivity index (χ3n) is 16.2. The van der Waals surface area contributed by atoms with Crippen molar-refractivity contribution in [1.82, 2.24) is 9.97 Å². The molecule has 5 nitrogen and oxygen atoms in total. The van der Waals surface area contributed by atoms with Crippen LogP contribution in [0.5, 0.6) is 11.5 Å². The number of aliphatic imine (C=N–C) groups is 2. The number of aromatic nitrogens is 2. The zero-order valence-corrected chi connectivity index (χ0v) is 43.7. The van der Waals surface area contributed by atoms with Crippen molar-refractivity contribution >= 4 is 11.5 Å². The predicted molar refractivity (Wildman–Crippen MR) is 319 cm³/mol. The van der Waals surface area contributed by atoms with E-state index in [1.165, 1.54) is 16.7 Å². The number of aryl methyl sites for hydroxylation is 1. The number of hydrogen-bond acceptors (Lipinski definition) is 5. The fourth-order valence-electron chi connectivity index (χ4n) is 12.4. The third kappa shape index (κ3) is 7.84. The number of hydrogen-bond donors (Lipinski definition) is 0. The van der Waals surface area contributed by atoms with Crippen LogP contribution in [0, 0.1) is 19.8 Å². The van der Waals surface area contributed by atoms with Crippen LogP contribution in [0.3, 0.4) is 0 Å². The first-order valence-electron chi connectivity index (χ1n) is 27.0. The number of benzene rings is 10. The molecule has 3 aliphatic rings. The van der Waals surface area contributed by atoms with Gasteiger partial charge in [-0.05, 0) is 88.4 Å². The molecule has 0 bridgehead atoms. The first kappa shape index (κ1) is 46.9. The Hall–Kier alpha value is -9.58. The molecule has 372 valence electrons. The highest BCUT2D eigenvalue weighted by Crippen LogP contribution is 2.65. The number of amidine groups is 1. The van der Waals surface area contributed by atoms with Gasteiger partial charge in [0, 0.05) is 44.5 Å². The van der Waals surface area contributed by atoms with Gasteiger partial charge in [0.2, 0.25) is 0 Å². The van der Waals surface area contributed by atoms with Crippen LogP contribution in [0.15, 0.2) is 259 Å². The molecule has 11 aromatic rings. The maximum Gasteiger partial charge on any atom is 0.160 e. The normalized spacial score (nSPS) is 16.9. The van der Waals surface area contributed by atoms with E-state index in [1.54, 1.807) is 0 Å². The molecule has 2 aliphatic heterocycles. The number of nitrogens with zero attached hydrogens (tertiary/aromatic N) is 4. The zero-order valence-electron chi connectivity index (χ0n) is 43.7. The lowest BCUT2D eigenvalue weighted by atomic mass is 9.65. The van der Waals surface area contributed by atoms with E-state index in [0.29, 0.717) is 11.7 Å². The van der Waals surface area contributed by atoms with Crippen molar-refractivity contribution in [3.8, 4) is 78.8 Å². The van der Waals surface area contributed by atoms with Gasteiger partial charge in [-0.3, -0.25) is 4.99 Å². The highest BCUT2D eigenvalue weighted by atomic mass is 16.5. The smallest absolute Gasteiger partial charge is 0.160 e. The summed E-state index contributed by atoms with van der Waals surface area (Å²) in [6, 6.07) is 88.9. The van der Waals surface area contributed by atoms with Crippen LogP contribution in [0.1, 0.15) is 69.5 Å². The van der Waals surface area contributed by atoms with Crippen molar-refractivity contribution in [1.29, 1.82) is 0 Å². The van der Waals surface area contributed by atoms with Crippen LogP contribution in [-0.2, 0) is 5.41 Å². The Morgan fingerprint density at radius 1 is 0.436 bits per heavy atom. The zero-order chi connectivity index (χ0) is 52.3. The Balaban J connectivity index is 1.07. The minimum absolute atomic E-state index is 0.109. The van der Waals surface area contributed by atoms with Gasteiger partial charge in [-0.2, -0.15) is 0 Å². The molecule has 3 heterocycles. The second-order valence-corrected chi connectivity index (χ2v) is 21.0. The van der Waals surface area contributed by atoms with Gasteiger partial charge >= 0.3 is 0 Å². The Morgan fingerprint density at radius 2 is 1.03 bits per heavy atom. The average molecular weight is 1000 g/mol. The minimum atomic E-state index is -0.857. The van der Waals surface area contributed by atoms with Crippen LogP contribution < -0.4 is 4.74 Å². The molecule has 0 radical (unpaired) electrons. The molecule has 78 heavy (non-hydrogen) atoms. The molecule has 0 saturated heterocycles. The number of rotatable bonds is 8. The van der Waals surface area contributed by atoms with Gasteiger partial charge in [-0.15, -0.1) is 0 Å². The second-order valence-electron chi connectivity index (χ2n) is 21.0. The molecule has 0 saturated carbocycles. The Morgan fingerprint density at radius 3 is 1.73 bits per heavy atom. The van der Waals surface area contributed by atoms with Crippen molar-refractivity contribution < 1.29 is 4.74 Å². The van der Waals surface area contributed by atoms with Gasteiger partial charge in [0.1, 0.15) is 11.5 Å². The summed E-state index contributed by atoms with van der Waals surface area (Å²) in [7, 11) is 0. The predicted octanol–water partition coefficient (Wildman–Crippen LogP) is 17.9. The molecule has 0 N–H and O–H groups in total. The lowest BCUT2D eigenvalue weighted by Gasteiger charge is -2.40. The van der Waals surface area contributed by atoms with Crippen molar-refractivity contribution in [3.63, 3.8) is 0 Å². The molecular formula is C73H54N4O. The molecule has 1 aromatic heterocycles. The molecule has 10 aromatic carbocycles. The van der Waals surface area contributed by atoms with Gasteiger partial charge in [0.15, 0.2) is 11.7 Å². The Bertz CT molecular complexity index is 4160. The maximum atomic E-state index is 7.55. The van der Waals surface area contributed by atoms with Crippen molar-refractivity contribution in [3.05, 3.63) is 299 Å². The van der Waals surface area contributed by atoms with Gasteiger partial charge in [-0.1, -0.05) is 249 Å². The van der Waals surface area contributed by atoms with E-state index in [4.69, 9.17) is 24.7 Å². The summed E-state index contributed by atoms with van der Waals surface area (Å²) in [5, 5.41) is 0. The van der Waals surface area contributed by atoms with E-state index in [0.717, 1.165) is 118 Å². The van der Waals surface area contributed by atoms with E-state index in [-0.39, 0.29) is 12.0 Å². The molecule has 1 spiro atoms. The molecule has 1 aliphatic carbocycles. The maximum absolute atomic E-state index is 7.55. The van der Waals surface area contributed by atoms with Crippen LogP contribution >= 0.6 is 0 Å². The Labute approximate surface area is 456 Å². The monoisotopic (exact) mass is 1000 g/mol. The van der Waals surface area contributed by atoms with Crippen LogP contribution in [0.4, 0.5) is 0 Å². The van der Waals surface area contributed by atoms with Crippen LogP contribution in [-0.4, -0.2) is 21.5 Å². The lowest BCUT2D eigenvalue weighted by Crippen LogP contribution is -2.32. The summed E-state index contributed by atoms with van der Waals surface area (Å²) < 4.78 is 7.55. The largest absolute Gasteiger partial charge is 0.456 e. The SMILES string of the molecule is Cc1ccc(-c2ccc3c(c2)C2(c4ccc(C5=NC(c6ccccc6)C(C)CC(c6ccccc6)=N5)cc4Oc4c(-c5ccccc5)cccc42)c2cccc(-c4nc(-c5ccccc5)nc(-c5ccccc5)c4C)c2-3)cc1. The standard InChI is InChI=1S/C73H54N4O/c1-46-35-37-49(38-36-46)55-39-41-58-63(44-55)73(61-33-20-32-59(66(58)61)69-48(3)68(53-27-15-7-16-28-53)76-71(77-69)54-29-17-8-18-30-54)60-42-40-56(45-65(60)78-70-57(31-19-34-62(70)73)50-21-9-4-10-22-50)72-74-64(51-23-11-5-12-24-51)43-47(2)67(75-72)52-25-13-6-14-26-52/h4-42,44-45,47,67H,43H2,1-3H3. The summed E-state index contributed by atoms with van der Waals surface area (Å²) in [5.74, 6) is 3.14. The third-order valence-corrected chi connectivity index (χ3v) is 16.2. The molecular weight excluding hydrogens is 949 g/mol. The molecule has 3 atom stereocenters. The van der Waals surface area contributed by atoms with Gasteiger partial charge in [-0.25, -0.2) is 15.0 Å². The van der Waals surface area contributed by atoms with Crippen molar-refractivity contribution in [2.24, 2.45) is 15.9 Å². The van der Waals surface area contributed by atoms with Gasteiger partial charge < -0.3 is 4.74 Å². The fraction of sp³-hybridized carbons (Fsp3) is 0.0959. The summed E-state index contributed by atoms with van der Waals surface area (Å²) in [5.41, 5.74) is 21.6. The Kier molecular flexibility index (Phi) is 11.6. The highest BCUT2D eigenvalue weighted by Gasteiger charge is 2.53. The van der Waals surface area contributed by atoms with Crippen molar-refractivity contribution in [2.45, 2.75) is 38.6 Å². The lowest BCUT2D eigenvalue weighted by molar-refractivity contribution is 0.438. The van der Waals surface area contributed by atoms with E-state index in [1.807, 2.05) is 6.07 Å². The fourth-order valence-corrected chi connectivity index (χ4v) is 12.4. The van der Waals surface area contributed by atoms with E-state index >= 15 is 0 Å². The van der Waals surface area contributed by atoms with Gasteiger partial charge in [0.25, 0.3) is 0 Å². The summed E-state index contributed by atoms with van der Waals surface area (Å²) in [4.78, 5) is 22.0. The topological polar surface area (TPSA) is 59.7 Å². The number of ether oxygens (including phenoxy) is 1. The molecule has 0 amide bonds. The average Bonchev–Trinajstić information content (AvgIpc) is 3.26. The summed E-state index contributed by atoms with van der Waals surface area (Å²) in [6.45, 7) is 6.62. The van der Waals surface area contributed by atoms with Crippen LogP contribution in [0.2, 0.25) is 0 Å². The quantitative estimate of drug-likeness (QED) is 0.152. The molecule has 3 unspecified atom stereocenters. The molecule has 0 fully saturated rings. The number of para-hydroxylation sites is 1. The summed E-state index contributed by atoms with van der Waals surface area (Å²) in [6.07, 6.45) is 0.777. The molecule has 5 heteroatoms. The number of fused-ring (bicyclic) bond motifs is 9. The van der Waals surface area contributed by atoms with Gasteiger partial charge in [0.05, 0.1) is 28.6 Å². The minimum Gasteiger partial charge on any atom is -0.456 e. The first-order chi connectivity index (χ1) is 38.4. The van der Waals surface area contributed by atoms with E-state index in [2.05, 4.69) is 263 Å². The molecule has 14 rings (SSSR count). The highest BCUT2D eigenvalue weighted by molar-refractivity contribution is 6.13.